The minimum Gasteiger partial charge on any atom is -0.495 e. The first kappa shape index (κ1) is 15.4. The summed E-state index contributed by atoms with van der Waals surface area (Å²) in [4.78, 5) is 13.7. The van der Waals surface area contributed by atoms with Crippen molar-refractivity contribution in [3.63, 3.8) is 0 Å². The number of sulfonamides is 1. The molecule has 0 fully saturated rings. The predicted octanol–water partition coefficient (Wildman–Crippen LogP) is 2.58. The number of fused-ring (bicyclic) bond motifs is 1. The number of hydrogen-bond donors (Lipinski definition) is 2. The Labute approximate surface area is 135 Å². The molecule has 3 aromatic rings. The number of methoxy groups -OCH3 is 1. The summed E-state index contributed by atoms with van der Waals surface area (Å²) in [5, 5.41) is 0.168. The summed E-state index contributed by atoms with van der Waals surface area (Å²) in [6.45, 7) is 0. The molecule has 0 amide bonds. The second kappa shape index (κ2) is 5.64. The summed E-state index contributed by atoms with van der Waals surface area (Å²) in [5.41, 5.74) is 0.663. The van der Waals surface area contributed by atoms with Crippen LogP contribution in [-0.2, 0) is 10.0 Å². The summed E-state index contributed by atoms with van der Waals surface area (Å²) in [6, 6.07) is 8.77. The highest BCUT2D eigenvalue weighted by atomic mass is 35.5. The third-order valence-corrected chi connectivity index (χ3v) is 4.78. The lowest BCUT2D eigenvalue weighted by molar-refractivity contribution is 0.414. The minimum absolute atomic E-state index is 0.0433. The van der Waals surface area contributed by atoms with Gasteiger partial charge < -0.3 is 9.15 Å². The van der Waals surface area contributed by atoms with E-state index in [4.69, 9.17) is 20.8 Å². The van der Waals surface area contributed by atoms with Gasteiger partial charge in [0.2, 0.25) is 0 Å². The van der Waals surface area contributed by atoms with Gasteiger partial charge in [0.05, 0.1) is 28.2 Å². The van der Waals surface area contributed by atoms with Gasteiger partial charge >= 0.3 is 5.76 Å². The summed E-state index contributed by atoms with van der Waals surface area (Å²) in [7, 11) is -2.48. The summed E-state index contributed by atoms with van der Waals surface area (Å²) >= 11 is 5.95. The van der Waals surface area contributed by atoms with Gasteiger partial charge in [-0.05, 0) is 30.3 Å². The van der Waals surface area contributed by atoms with Crippen molar-refractivity contribution in [3.05, 3.63) is 52.0 Å². The molecule has 0 unspecified atom stereocenters. The zero-order valence-corrected chi connectivity index (χ0v) is 13.4. The average molecular weight is 355 g/mol. The van der Waals surface area contributed by atoms with Crippen molar-refractivity contribution in [2.45, 2.75) is 4.90 Å². The summed E-state index contributed by atoms with van der Waals surface area (Å²) < 4.78 is 37.2. The monoisotopic (exact) mass is 354 g/mol. The number of nitrogens with one attached hydrogen (secondary N) is 2. The Balaban J connectivity index is 2.03. The first-order valence-electron chi connectivity index (χ1n) is 6.39. The molecule has 0 saturated heterocycles. The zero-order valence-electron chi connectivity index (χ0n) is 11.8. The Bertz CT molecular complexity index is 1040. The Morgan fingerprint density at radius 1 is 1.26 bits per heavy atom. The molecule has 0 aliphatic heterocycles. The molecule has 7 nitrogen and oxygen atoms in total. The van der Waals surface area contributed by atoms with Crippen LogP contribution in [0.25, 0.3) is 11.1 Å². The Kier molecular flexibility index (Phi) is 3.78. The lowest BCUT2D eigenvalue weighted by atomic mass is 10.3. The highest BCUT2D eigenvalue weighted by molar-refractivity contribution is 7.92. The van der Waals surface area contributed by atoms with E-state index < -0.39 is 15.8 Å². The average Bonchev–Trinajstić information content (AvgIpc) is 2.88. The van der Waals surface area contributed by atoms with Gasteiger partial charge in [0, 0.05) is 0 Å². The van der Waals surface area contributed by atoms with E-state index >= 15 is 0 Å². The van der Waals surface area contributed by atoms with E-state index in [9.17, 15) is 13.2 Å². The predicted molar refractivity (Wildman–Crippen MR) is 85.6 cm³/mol. The lowest BCUT2D eigenvalue weighted by Crippen LogP contribution is -2.13. The molecule has 0 spiro atoms. The van der Waals surface area contributed by atoms with Crippen LogP contribution in [0, 0.1) is 0 Å². The van der Waals surface area contributed by atoms with Crippen LogP contribution in [0.1, 0.15) is 0 Å². The maximum absolute atomic E-state index is 12.5. The van der Waals surface area contributed by atoms with Crippen molar-refractivity contribution in [2.24, 2.45) is 0 Å². The van der Waals surface area contributed by atoms with Crippen molar-refractivity contribution >= 4 is 38.4 Å². The number of anilines is 1. The molecule has 1 heterocycles. The van der Waals surface area contributed by atoms with Gasteiger partial charge in [0.25, 0.3) is 10.0 Å². The number of benzene rings is 2. The van der Waals surface area contributed by atoms with Gasteiger partial charge in [0.15, 0.2) is 5.58 Å². The first-order valence-corrected chi connectivity index (χ1v) is 8.25. The molecule has 23 heavy (non-hydrogen) atoms. The number of hydrogen-bond acceptors (Lipinski definition) is 5. The summed E-state index contributed by atoms with van der Waals surface area (Å²) in [6.07, 6.45) is 0. The number of para-hydroxylation sites is 1. The van der Waals surface area contributed by atoms with E-state index in [1.165, 1.54) is 31.4 Å². The second-order valence-corrected chi connectivity index (χ2v) is 6.69. The van der Waals surface area contributed by atoms with Crippen molar-refractivity contribution < 1.29 is 17.6 Å². The van der Waals surface area contributed by atoms with Gasteiger partial charge in [-0.2, -0.15) is 0 Å². The maximum Gasteiger partial charge on any atom is 0.417 e. The number of aromatic nitrogens is 1. The fraction of sp³-hybridized carbons (Fsp3) is 0.0714. The Morgan fingerprint density at radius 3 is 2.74 bits per heavy atom. The van der Waals surface area contributed by atoms with Gasteiger partial charge in [-0.25, -0.2) is 13.2 Å². The Hall–Kier alpha value is -2.45. The van der Waals surface area contributed by atoms with Crippen LogP contribution in [0.15, 0.2) is 50.5 Å². The summed E-state index contributed by atoms with van der Waals surface area (Å²) in [5.74, 6) is -0.302. The van der Waals surface area contributed by atoms with Crippen LogP contribution in [0.5, 0.6) is 5.75 Å². The number of ether oxygens (including phenoxy) is 1. The molecule has 0 aliphatic carbocycles. The van der Waals surface area contributed by atoms with E-state index in [-0.39, 0.29) is 21.2 Å². The standard InChI is InChI=1S/C14H11ClN2O5S/c1-21-12-6-5-8(7-9(12)15)23(19,20)17-11-4-2-3-10-13(11)22-14(18)16-10/h2-7,17H,1H3,(H,16,18). The molecule has 0 aliphatic rings. The molecule has 0 atom stereocenters. The van der Waals surface area contributed by atoms with Gasteiger partial charge in [-0.15, -0.1) is 0 Å². The number of halogens is 1. The van der Waals surface area contributed by atoms with Crippen molar-refractivity contribution in [1.29, 1.82) is 0 Å². The van der Waals surface area contributed by atoms with E-state index in [0.29, 0.717) is 11.3 Å². The van der Waals surface area contributed by atoms with Crippen LogP contribution in [-0.4, -0.2) is 20.5 Å². The molecular formula is C14H11ClN2O5S. The van der Waals surface area contributed by atoms with E-state index in [2.05, 4.69) is 9.71 Å². The maximum atomic E-state index is 12.5. The van der Waals surface area contributed by atoms with Crippen LogP contribution >= 0.6 is 11.6 Å². The largest absolute Gasteiger partial charge is 0.495 e. The molecule has 0 bridgehead atoms. The molecule has 9 heteroatoms. The smallest absolute Gasteiger partial charge is 0.417 e. The third kappa shape index (κ3) is 2.90. The normalized spacial score (nSPS) is 11.6. The molecule has 2 aromatic carbocycles. The molecule has 1 aromatic heterocycles. The topological polar surface area (TPSA) is 101 Å². The molecular weight excluding hydrogens is 344 g/mol. The quantitative estimate of drug-likeness (QED) is 0.749. The van der Waals surface area contributed by atoms with Gasteiger partial charge in [-0.1, -0.05) is 17.7 Å². The highest BCUT2D eigenvalue weighted by Crippen LogP contribution is 2.29. The van der Waals surface area contributed by atoms with E-state index in [1.807, 2.05) is 0 Å². The van der Waals surface area contributed by atoms with Crippen molar-refractivity contribution in [1.82, 2.24) is 4.98 Å². The fourth-order valence-electron chi connectivity index (χ4n) is 2.07. The van der Waals surface area contributed by atoms with E-state index in [1.54, 1.807) is 12.1 Å². The molecule has 0 radical (unpaired) electrons. The van der Waals surface area contributed by atoms with Crippen molar-refractivity contribution in [2.75, 3.05) is 11.8 Å². The van der Waals surface area contributed by atoms with Crippen LogP contribution in [0.2, 0.25) is 5.02 Å². The number of aromatic amines is 1. The Morgan fingerprint density at radius 2 is 2.04 bits per heavy atom. The van der Waals surface area contributed by atoms with E-state index in [0.717, 1.165) is 0 Å². The molecule has 3 rings (SSSR count). The van der Waals surface area contributed by atoms with Crippen LogP contribution in [0.3, 0.4) is 0 Å². The second-order valence-electron chi connectivity index (χ2n) is 4.60. The first-order chi connectivity index (χ1) is 10.9. The third-order valence-electron chi connectivity index (χ3n) is 3.12. The van der Waals surface area contributed by atoms with Gasteiger partial charge in [-0.3, -0.25) is 9.71 Å². The minimum atomic E-state index is -3.91. The van der Waals surface area contributed by atoms with Gasteiger partial charge in [0.1, 0.15) is 5.75 Å². The van der Waals surface area contributed by atoms with Crippen LogP contribution < -0.4 is 15.2 Å². The highest BCUT2D eigenvalue weighted by Gasteiger charge is 2.18. The SMILES string of the molecule is COc1ccc(S(=O)(=O)Nc2cccc3[nH]c(=O)oc23)cc1Cl. The molecule has 120 valence electrons. The molecule has 0 saturated carbocycles. The lowest BCUT2D eigenvalue weighted by Gasteiger charge is -2.10. The fourth-order valence-corrected chi connectivity index (χ4v) is 3.48. The van der Waals surface area contributed by atoms with Crippen LogP contribution in [0.4, 0.5) is 5.69 Å². The number of rotatable bonds is 4. The zero-order chi connectivity index (χ0) is 16.6. The number of oxazole rings is 1. The number of H-pyrrole nitrogens is 1. The van der Waals surface area contributed by atoms with Crippen molar-refractivity contribution in [3.8, 4) is 5.75 Å². The molecule has 2 N–H and O–H groups in total.